The van der Waals surface area contributed by atoms with Crippen LogP contribution < -0.4 is 5.32 Å². The molecular formula is C18H20FNO3. The maximum atomic E-state index is 13.2. The number of amides is 1. The quantitative estimate of drug-likeness (QED) is 0.802. The SMILES string of the molecule is C/C(=C/C(=O)NC(C)CC(O)c1ccco1)c1cccc(F)c1. The molecule has 0 saturated heterocycles. The van der Waals surface area contributed by atoms with Crippen molar-refractivity contribution in [3.63, 3.8) is 0 Å². The van der Waals surface area contributed by atoms with Gasteiger partial charge < -0.3 is 14.8 Å². The van der Waals surface area contributed by atoms with Crippen LogP contribution in [0.5, 0.6) is 0 Å². The number of allylic oxidation sites excluding steroid dienone is 1. The lowest BCUT2D eigenvalue weighted by Crippen LogP contribution is -2.32. The number of rotatable bonds is 6. The van der Waals surface area contributed by atoms with Crippen LogP contribution in [0.3, 0.4) is 0 Å². The summed E-state index contributed by atoms with van der Waals surface area (Å²) in [6, 6.07) is 9.23. The molecule has 2 atom stereocenters. The number of nitrogens with one attached hydrogen (secondary N) is 1. The zero-order valence-electron chi connectivity index (χ0n) is 13.1. The Morgan fingerprint density at radius 1 is 1.39 bits per heavy atom. The number of benzene rings is 1. The molecule has 0 bridgehead atoms. The van der Waals surface area contributed by atoms with Crippen LogP contribution in [-0.2, 0) is 4.79 Å². The molecule has 122 valence electrons. The Balaban J connectivity index is 1.92. The molecule has 1 heterocycles. The molecule has 5 heteroatoms. The molecule has 0 aliphatic heterocycles. The minimum atomic E-state index is -0.770. The lowest BCUT2D eigenvalue weighted by Gasteiger charge is -2.16. The Morgan fingerprint density at radius 3 is 2.83 bits per heavy atom. The third kappa shape index (κ3) is 5.07. The van der Waals surface area contributed by atoms with Crippen molar-refractivity contribution in [2.24, 2.45) is 0 Å². The predicted octanol–water partition coefficient (Wildman–Crippen LogP) is 3.45. The van der Waals surface area contributed by atoms with Gasteiger partial charge in [-0.3, -0.25) is 4.79 Å². The molecule has 1 aromatic heterocycles. The van der Waals surface area contributed by atoms with E-state index in [1.165, 1.54) is 24.5 Å². The van der Waals surface area contributed by atoms with E-state index in [0.717, 1.165) is 0 Å². The smallest absolute Gasteiger partial charge is 0.244 e. The number of aliphatic hydroxyl groups excluding tert-OH is 1. The highest BCUT2D eigenvalue weighted by atomic mass is 19.1. The van der Waals surface area contributed by atoms with E-state index in [9.17, 15) is 14.3 Å². The predicted molar refractivity (Wildman–Crippen MR) is 85.9 cm³/mol. The van der Waals surface area contributed by atoms with Gasteiger partial charge in [0.15, 0.2) is 0 Å². The van der Waals surface area contributed by atoms with Crippen molar-refractivity contribution < 1.29 is 18.7 Å². The maximum Gasteiger partial charge on any atom is 0.244 e. The fraction of sp³-hybridized carbons (Fsp3) is 0.278. The molecular weight excluding hydrogens is 297 g/mol. The molecule has 0 saturated carbocycles. The Hall–Kier alpha value is -2.40. The van der Waals surface area contributed by atoms with Crippen LogP contribution in [0, 0.1) is 5.82 Å². The van der Waals surface area contributed by atoms with Gasteiger partial charge in [-0.2, -0.15) is 0 Å². The second-order valence-electron chi connectivity index (χ2n) is 5.51. The molecule has 23 heavy (non-hydrogen) atoms. The largest absolute Gasteiger partial charge is 0.467 e. The summed E-state index contributed by atoms with van der Waals surface area (Å²) in [7, 11) is 0. The van der Waals surface area contributed by atoms with Crippen molar-refractivity contribution in [2.45, 2.75) is 32.4 Å². The monoisotopic (exact) mass is 317 g/mol. The molecule has 4 nitrogen and oxygen atoms in total. The van der Waals surface area contributed by atoms with Crippen molar-refractivity contribution in [2.75, 3.05) is 0 Å². The third-order valence-corrected chi connectivity index (χ3v) is 3.46. The van der Waals surface area contributed by atoms with Gasteiger partial charge in [-0.1, -0.05) is 12.1 Å². The van der Waals surface area contributed by atoms with Gasteiger partial charge in [0.2, 0.25) is 5.91 Å². The molecule has 0 fully saturated rings. The molecule has 2 rings (SSSR count). The molecule has 1 amide bonds. The average Bonchev–Trinajstić information content (AvgIpc) is 3.01. The fourth-order valence-electron chi connectivity index (χ4n) is 2.29. The van der Waals surface area contributed by atoms with Crippen molar-refractivity contribution in [1.82, 2.24) is 5.32 Å². The van der Waals surface area contributed by atoms with Crippen LogP contribution in [0.2, 0.25) is 0 Å². The molecule has 0 radical (unpaired) electrons. The zero-order valence-corrected chi connectivity index (χ0v) is 13.1. The van der Waals surface area contributed by atoms with E-state index in [-0.39, 0.29) is 17.8 Å². The maximum absolute atomic E-state index is 13.2. The van der Waals surface area contributed by atoms with Crippen LogP contribution in [0.1, 0.15) is 37.7 Å². The van der Waals surface area contributed by atoms with E-state index in [0.29, 0.717) is 23.3 Å². The van der Waals surface area contributed by atoms with Gasteiger partial charge in [-0.25, -0.2) is 4.39 Å². The molecule has 0 aliphatic carbocycles. The summed E-state index contributed by atoms with van der Waals surface area (Å²) in [6.07, 6.45) is 2.48. The second kappa shape index (κ2) is 7.74. The summed E-state index contributed by atoms with van der Waals surface area (Å²) in [5.74, 6) is -0.158. The van der Waals surface area contributed by atoms with Crippen LogP contribution in [-0.4, -0.2) is 17.1 Å². The molecule has 0 aliphatic rings. The number of aliphatic hydroxyl groups is 1. The summed E-state index contributed by atoms with van der Waals surface area (Å²) in [5, 5.41) is 12.8. The van der Waals surface area contributed by atoms with Gasteiger partial charge >= 0.3 is 0 Å². The minimum absolute atomic E-state index is 0.237. The summed E-state index contributed by atoms with van der Waals surface area (Å²) >= 11 is 0. The first-order valence-electron chi connectivity index (χ1n) is 7.42. The Bertz CT molecular complexity index is 679. The number of carbonyl (C=O) groups excluding carboxylic acids is 1. The van der Waals surface area contributed by atoms with Gasteiger partial charge in [-0.05, 0) is 49.2 Å². The van der Waals surface area contributed by atoms with Crippen molar-refractivity contribution in [3.8, 4) is 0 Å². The summed E-state index contributed by atoms with van der Waals surface area (Å²) < 4.78 is 18.3. The number of hydrogen-bond acceptors (Lipinski definition) is 3. The first-order valence-corrected chi connectivity index (χ1v) is 7.42. The summed E-state index contributed by atoms with van der Waals surface area (Å²) in [5.41, 5.74) is 1.32. The van der Waals surface area contributed by atoms with Gasteiger partial charge in [0.25, 0.3) is 0 Å². The van der Waals surface area contributed by atoms with Crippen LogP contribution >= 0.6 is 0 Å². The fourth-order valence-corrected chi connectivity index (χ4v) is 2.29. The zero-order chi connectivity index (χ0) is 16.8. The third-order valence-electron chi connectivity index (χ3n) is 3.46. The number of hydrogen-bond donors (Lipinski definition) is 2. The Kier molecular flexibility index (Phi) is 5.71. The Labute approximate surface area is 134 Å². The first-order chi connectivity index (χ1) is 11.0. The standard InChI is InChI=1S/C18H20FNO3/c1-12(14-5-3-6-15(19)11-14)9-18(22)20-13(2)10-16(21)17-7-4-8-23-17/h3-9,11,13,16,21H,10H2,1-2H3,(H,20,22)/b12-9-. The first kappa shape index (κ1) is 17.0. The van der Waals surface area contributed by atoms with Crippen molar-refractivity contribution in [1.29, 1.82) is 0 Å². The van der Waals surface area contributed by atoms with Crippen molar-refractivity contribution >= 4 is 11.5 Å². The normalized spacial score (nSPS) is 14.3. The van der Waals surface area contributed by atoms with Crippen LogP contribution in [0.15, 0.2) is 53.2 Å². The summed E-state index contributed by atoms with van der Waals surface area (Å²) in [4.78, 5) is 12.0. The summed E-state index contributed by atoms with van der Waals surface area (Å²) in [6.45, 7) is 3.55. The van der Waals surface area contributed by atoms with E-state index in [2.05, 4.69) is 5.32 Å². The van der Waals surface area contributed by atoms with Gasteiger partial charge in [0, 0.05) is 18.5 Å². The van der Waals surface area contributed by atoms with Gasteiger partial charge in [-0.15, -0.1) is 0 Å². The molecule has 2 aromatic rings. The van der Waals surface area contributed by atoms with Crippen LogP contribution in [0.25, 0.3) is 5.57 Å². The van der Waals surface area contributed by atoms with Gasteiger partial charge in [0.1, 0.15) is 17.7 Å². The van der Waals surface area contributed by atoms with E-state index in [1.807, 2.05) is 0 Å². The highest BCUT2D eigenvalue weighted by Gasteiger charge is 2.15. The number of carbonyl (C=O) groups is 1. The van der Waals surface area contributed by atoms with E-state index < -0.39 is 6.10 Å². The number of halogens is 1. The molecule has 2 unspecified atom stereocenters. The number of furan rings is 1. The topological polar surface area (TPSA) is 62.5 Å². The molecule has 0 spiro atoms. The second-order valence-corrected chi connectivity index (χ2v) is 5.51. The highest BCUT2D eigenvalue weighted by molar-refractivity contribution is 5.94. The van der Waals surface area contributed by atoms with E-state index in [4.69, 9.17) is 4.42 Å². The lowest BCUT2D eigenvalue weighted by molar-refractivity contribution is -0.117. The molecule has 2 N–H and O–H groups in total. The van der Waals surface area contributed by atoms with Crippen LogP contribution in [0.4, 0.5) is 4.39 Å². The molecule has 1 aromatic carbocycles. The van der Waals surface area contributed by atoms with Gasteiger partial charge in [0.05, 0.1) is 6.26 Å². The van der Waals surface area contributed by atoms with E-state index >= 15 is 0 Å². The van der Waals surface area contributed by atoms with Crippen molar-refractivity contribution in [3.05, 3.63) is 65.9 Å². The Morgan fingerprint density at radius 2 is 2.17 bits per heavy atom. The lowest BCUT2D eigenvalue weighted by atomic mass is 10.1. The average molecular weight is 317 g/mol. The minimum Gasteiger partial charge on any atom is -0.467 e. The highest BCUT2D eigenvalue weighted by Crippen LogP contribution is 2.19. The van der Waals surface area contributed by atoms with E-state index in [1.54, 1.807) is 38.1 Å².